The fourth-order valence-corrected chi connectivity index (χ4v) is 3.65. The summed E-state index contributed by atoms with van der Waals surface area (Å²) in [6.45, 7) is 9.50. The molecule has 30 heavy (non-hydrogen) atoms. The number of carbonyl (C=O) groups is 2. The standard InChI is InChI=1S/C22H23N5O2S/c1-5-21(29)27-20-12-24-17(10-25-20)16-6-15(8-23-9-16)14(4)18(28)7-22-26-11-19(30-22)13(2)3/h5-6,8-14H,1,7H2,2-4H3,(H,25,27,29). The van der Waals surface area contributed by atoms with Crippen LogP contribution in [0.15, 0.2) is 49.7 Å². The lowest BCUT2D eigenvalue weighted by Gasteiger charge is -2.11. The van der Waals surface area contributed by atoms with Gasteiger partial charge < -0.3 is 5.32 Å². The van der Waals surface area contributed by atoms with E-state index < -0.39 is 0 Å². The minimum Gasteiger partial charge on any atom is -0.306 e. The van der Waals surface area contributed by atoms with Crippen molar-refractivity contribution in [3.63, 3.8) is 0 Å². The largest absolute Gasteiger partial charge is 0.306 e. The van der Waals surface area contributed by atoms with E-state index in [1.165, 1.54) is 11.1 Å². The Labute approximate surface area is 179 Å². The molecule has 0 aliphatic carbocycles. The Hall–Kier alpha value is -3.26. The SMILES string of the molecule is C=CC(=O)Nc1cnc(-c2cncc(C(C)C(=O)Cc3ncc(C(C)C)s3)c2)cn1. The molecule has 1 amide bonds. The fourth-order valence-electron chi connectivity index (χ4n) is 2.71. The Morgan fingerprint density at radius 1 is 1.10 bits per heavy atom. The van der Waals surface area contributed by atoms with E-state index in [9.17, 15) is 9.59 Å². The number of nitrogens with zero attached hydrogens (tertiary/aromatic N) is 4. The number of hydrogen-bond donors (Lipinski definition) is 1. The Kier molecular flexibility index (Phi) is 6.79. The molecule has 0 saturated carbocycles. The first-order valence-electron chi connectivity index (χ1n) is 9.55. The smallest absolute Gasteiger partial charge is 0.248 e. The van der Waals surface area contributed by atoms with Crippen molar-refractivity contribution in [2.45, 2.75) is 39.0 Å². The van der Waals surface area contributed by atoms with E-state index in [1.807, 2.05) is 19.2 Å². The molecule has 3 aromatic rings. The molecule has 7 nitrogen and oxygen atoms in total. The molecule has 0 radical (unpaired) electrons. The highest BCUT2D eigenvalue weighted by atomic mass is 32.1. The molecule has 3 rings (SSSR count). The molecule has 0 fully saturated rings. The lowest BCUT2D eigenvalue weighted by atomic mass is 9.95. The number of carbonyl (C=O) groups excluding carboxylic acids is 2. The number of anilines is 1. The summed E-state index contributed by atoms with van der Waals surface area (Å²) in [6.07, 6.45) is 9.70. The van der Waals surface area contributed by atoms with E-state index in [4.69, 9.17) is 0 Å². The molecule has 8 heteroatoms. The molecule has 0 aliphatic heterocycles. The van der Waals surface area contributed by atoms with Crippen LogP contribution in [0.1, 0.15) is 48.1 Å². The van der Waals surface area contributed by atoms with Crippen LogP contribution in [0.25, 0.3) is 11.3 Å². The summed E-state index contributed by atoms with van der Waals surface area (Å²) in [5.74, 6) is 0.159. The summed E-state index contributed by atoms with van der Waals surface area (Å²) in [5, 5.41) is 3.39. The van der Waals surface area contributed by atoms with Crippen molar-refractivity contribution in [3.05, 3.63) is 65.2 Å². The number of thiazole rings is 1. The number of aromatic nitrogens is 4. The zero-order chi connectivity index (χ0) is 21.7. The molecule has 3 heterocycles. The Bertz CT molecular complexity index is 1060. The van der Waals surface area contributed by atoms with Crippen molar-refractivity contribution < 1.29 is 9.59 Å². The van der Waals surface area contributed by atoms with Crippen LogP contribution < -0.4 is 5.32 Å². The molecule has 3 aromatic heterocycles. The van der Waals surface area contributed by atoms with Gasteiger partial charge in [-0.3, -0.25) is 19.6 Å². The average molecular weight is 422 g/mol. The number of amides is 1. The zero-order valence-electron chi connectivity index (χ0n) is 17.1. The summed E-state index contributed by atoms with van der Waals surface area (Å²) >= 11 is 1.59. The third-order valence-corrected chi connectivity index (χ3v) is 5.89. The molecule has 0 spiro atoms. The van der Waals surface area contributed by atoms with Crippen LogP contribution in [0.2, 0.25) is 0 Å². The molecule has 154 valence electrons. The zero-order valence-corrected chi connectivity index (χ0v) is 17.9. The van der Waals surface area contributed by atoms with Gasteiger partial charge in [-0.05, 0) is 23.6 Å². The highest BCUT2D eigenvalue weighted by Gasteiger charge is 2.19. The van der Waals surface area contributed by atoms with Crippen LogP contribution in [-0.2, 0) is 16.0 Å². The highest BCUT2D eigenvalue weighted by molar-refractivity contribution is 7.11. The maximum Gasteiger partial charge on any atom is 0.248 e. The second-order valence-corrected chi connectivity index (χ2v) is 8.31. The highest BCUT2D eigenvalue weighted by Crippen LogP contribution is 2.26. The summed E-state index contributed by atoms with van der Waals surface area (Å²) in [4.78, 5) is 42.5. The van der Waals surface area contributed by atoms with Crippen molar-refractivity contribution in [2.24, 2.45) is 0 Å². The summed E-state index contributed by atoms with van der Waals surface area (Å²) in [7, 11) is 0. The van der Waals surface area contributed by atoms with Crippen molar-refractivity contribution >= 4 is 28.8 Å². The maximum absolute atomic E-state index is 12.8. The van der Waals surface area contributed by atoms with Gasteiger partial charge in [0.15, 0.2) is 5.82 Å². The topological polar surface area (TPSA) is 97.7 Å². The van der Waals surface area contributed by atoms with Gasteiger partial charge in [0, 0.05) is 34.9 Å². The summed E-state index contributed by atoms with van der Waals surface area (Å²) in [5.41, 5.74) is 2.16. The second-order valence-electron chi connectivity index (χ2n) is 7.16. The van der Waals surface area contributed by atoms with Gasteiger partial charge in [0.1, 0.15) is 10.8 Å². The average Bonchev–Trinajstić information content (AvgIpc) is 3.22. The third-order valence-electron chi connectivity index (χ3n) is 4.59. The van der Waals surface area contributed by atoms with Crippen LogP contribution >= 0.6 is 11.3 Å². The molecule has 0 aromatic carbocycles. The molecule has 1 atom stereocenters. The molecule has 1 N–H and O–H groups in total. The first-order valence-corrected chi connectivity index (χ1v) is 10.4. The van der Waals surface area contributed by atoms with Gasteiger partial charge in [-0.15, -0.1) is 11.3 Å². The fraction of sp³-hybridized carbons (Fsp3) is 0.273. The first kappa shape index (κ1) is 21.4. The summed E-state index contributed by atoms with van der Waals surface area (Å²) < 4.78 is 0. The van der Waals surface area contributed by atoms with Gasteiger partial charge >= 0.3 is 0 Å². The van der Waals surface area contributed by atoms with Gasteiger partial charge in [-0.25, -0.2) is 9.97 Å². The van der Waals surface area contributed by atoms with Crippen LogP contribution in [0.3, 0.4) is 0 Å². The predicted molar refractivity (Wildman–Crippen MR) is 117 cm³/mol. The van der Waals surface area contributed by atoms with Gasteiger partial charge in [-0.1, -0.05) is 27.4 Å². The van der Waals surface area contributed by atoms with Gasteiger partial charge in [0.25, 0.3) is 0 Å². The van der Waals surface area contributed by atoms with Crippen molar-refractivity contribution in [1.29, 1.82) is 0 Å². The normalized spacial score (nSPS) is 11.9. The molecule has 1 unspecified atom stereocenters. The van der Waals surface area contributed by atoms with Crippen LogP contribution in [0.5, 0.6) is 0 Å². The van der Waals surface area contributed by atoms with Crippen LogP contribution in [0.4, 0.5) is 5.82 Å². The van der Waals surface area contributed by atoms with E-state index in [2.05, 4.69) is 45.7 Å². The van der Waals surface area contributed by atoms with Gasteiger partial charge in [0.2, 0.25) is 5.91 Å². The number of hydrogen-bond acceptors (Lipinski definition) is 7. The van der Waals surface area contributed by atoms with Gasteiger partial charge in [-0.2, -0.15) is 0 Å². The second kappa shape index (κ2) is 9.49. The number of rotatable bonds is 8. The number of ketones is 1. The van der Waals surface area contributed by atoms with E-state index in [0.29, 0.717) is 23.9 Å². The predicted octanol–water partition coefficient (Wildman–Crippen LogP) is 4.16. The Morgan fingerprint density at radius 3 is 2.53 bits per heavy atom. The number of pyridine rings is 1. The van der Waals surface area contributed by atoms with Crippen molar-refractivity contribution in [1.82, 2.24) is 19.9 Å². The Balaban J connectivity index is 1.72. The minimum absolute atomic E-state index is 0.0900. The first-order chi connectivity index (χ1) is 14.4. The minimum atomic E-state index is -0.353. The Morgan fingerprint density at radius 2 is 1.90 bits per heavy atom. The maximum atomic E-state index is 12.8. The van der Waals surface area contributed by atoms with E-state index in [0.717, 1.165) is 22.2 Å². The van der Waals surface area contributed by atoms with Crippen molar-refractivity contribution in [2.75, 3.05) is 5.32 Å². The van der Waals surface area contributed by atoms with Gasteiger partial charge in [0.05, 0.1) is 24.5 Å². The molecular weight excluding hydrogens is 398 g/mol. The van der Waals surface area contributed by atoms with Crippen LogP contribution in [-0.4, -0.2) is 31.6 Å². The monoisotopic (exact) mass is 421 g/mol. The van der Waals surface area contributed by atoms with E-state index in [1.54, 1.807) is 29.9 Å². The molecule has 0 bridgehead atoms. The molecular formula is C22H23N5O2S. The quantitative estimate of drug-likeness (QED) is 0.549. The van der Waals surface area contributed by atoms with E-state index >= 15 is 0 Å². The number of Topliss-reactive ketones (excluding diaryl/α,β-unsaturated/α-hetero) is 1. The van der Waals surface area contributed by atoms with Crippen LogP contribution in [0, 0.1) is 0 Å². The summed E-state index contributed by atoms with van der Waals surface area (Å²) in [6, 6.07) is 1.89. The molecule has 0 saturated heterocycles. The lowest BCUT2D eigenvalue weighted by Crippen LogP contribution is -2.12. The van der Waals surface area contributed by atoms with E-state index in [-0.39, 0.29) is 17.6 Å². The number of nitrogens with one attached hydrogen (secondary N) is 1. The molecule has 0 aliphatic rings. The lowest BCUT2D eigenvalue weighted by molar-refractivity contribution is -0.119. The van der Waals surface area contributed by atoms with Crippen molar-refractivity contribution in [3.8, 4) is 11.3 Å². The third kappa shape index (κ3) is 5.21.